The lowest BCUT2D eigenvalue weighted by Crippen LogP contribution is -2.45. The van der Waals surface area contributed by atoms with Gasteiger partial charge in [-0.3, -0.25) is 0 Å². The van der Waals surface area contributed by atoms with E-state index < -0.39 is 0 Å². The molecule has 0 spiro atoms. The average molecular weight is 207 g/mol. The van der Waals surface area contributed by atoms with E-state index in [0.29, 0.717) is 0 Å². The Hall–Kier alpha value is -1.02. The molecule has 0 aliphatic carbocycles. The number of nitrogens with two attached hydrogens (primary N) is 1. The Labute approximate surface area is 92.4 Å². The molecule has 0 radical (unpaired) electrons. The molecule has 0 aliphatic rings. The largest absolute Gasteiger partial charge is 0.488 e. The molecule has 2 heteroatoms. The van der Waals surface area contributed by atoms with Crippen LogP contribution >= 0.6 is 0 Å². The van der Waals surface area contributed by atoms with Crippen molar-refractivity contribution in [3.05, 3.63) is 30.3 Å². The standard InChI is InChI=1S/C13H21NO/c1-10(14)12(13(2,3)4)15-11-8-6-5-7-9-11/h5-10,12H,14H2,1-4H3. The molecule has 0 aromatic heterocycles. The van der Waals surface area contributed by atoms with Crippen LogP contribution in [0.2, 0.25) is 0 Å². The van der Waals surface area contributed by atoms with Crippen molar-refractivity contribution in [2.75, 3.05) is 0 Å². The molecular formula is C13H21NO. The molecule has 0 aliphatic heterocycles. The van der Waals surface area contributed by atoms with Gasteiger partial charge in [0.15, 0.2) is 0 Å². The van der Waals surface area contributed by atoms with Gasteiger partial charge in [-0.1, -0.05) is 39.0 Å². The summed E-state index contributed by atoms with van der Waals surface area (Å²) < 4.78 is 5.92. The van der Waals surface area contributed by atoms with Gasteiger partial charge in [0, 0.05) is 11.5 Å². The first-order chi connectivity index (χ1) is 6.91. The zero-order valence-electron chi connectivity index (χ0n) is 10.0. The van der Waals surface area contributed by atoms with Gasteiger partial charge in [-0.25, -0.2) is 0 Å². The summed E-state index contributed by atoms with van der Waals surface area (Å²) in [6.45, 7) is 8.41. The van der Waals surface area contributed by atoms with Crippen molar-refractivity contribution in [3.8, 4) is 5.75 Å². The average Bonchev–Trinajstić information content (AvgIpc) is 2.13. The molecule has 84 valence electrons. The lowest BCUT2D eigenvalue weighted by atomic mass is 9.85. The number of rotatable bonds is 3. The predicted molar refractivity (Wildman–Crippen MR) is 64.0 cm³/mol. The maximum atomic E-state index is 5.95. The molecule has 2 N–H and O–H groups in total. The van der Waals surface area contributed by atoms with Crippen LogP contribution in [0.1, 0.15) is 27.7 Å². The Morgan fingerprint density at radius 1 is 1.13 bits per heavy atom. The lowest BCUT2D eigenvalue weighted by molar-refractivity contribution is 0.0684. The number of hydrogen-bond acceptors (Lipinski definition) is 2. The molecule has 1 rings (SSSR count). The van der Waals surface area contributed by atoms with E-state index in [1.165, 1.54) is 0 Å². The van der Waals surface area contributed by atoms with Gasteiger partial charge in [0.05, 0.1) is 0 Å². The van der Waals surface area contributed by atoms with Crippen molar-refractivity contribution in [2.45, 2.75) is 39.8 Å². The van der Waals surface area contributed by atoms with E-state index in [9.17, 15) is 0 Å². The van der Waals surface area contributed by atoms with Crippen LogP contribution in [0, 0.1) is 5.41 Å². The molecule has 2 nitrogen and oxygen atoms in total. The molecular weight excluding hydrogens is 186 g/mol. The van der Waals surface area contributed by atoms with Gasteiger partial charge in [0.2, 0.25) is 0 Å². The number of hydrogen-bond donors (Lipinski definition) is 1. The summed E-state index contributed by atoms with van der Waals surface area (Å²) >= 11 is 0. The maximum absolute atomic E-state index is 5.95. The fourth-order valence-electron chi connectivity index (χ4n) is 1.72. The minimum absolute atomic E-state index is 0.0187. The highest BCUT2D eigenvalue weighted by atomic mass is 16.5. The van der Waals surface area contributed by atoms with E-state index in [0.717, 1.165) is 5.75 Å². The second-order valence-corrected chi connectivity index (χ2v) is 5.08. The van der Waals surface area contributed by atoms with Crippen LogP contribution in [0.5, 0.6) is 5.75 Å². The summed E-state index contributed by atoms with van der Waals surface area (Å²) in [5.41, 5.74) is 5.99. The van der Waals surface area contributed by atoms with Crippen LogP contribution in [0.25, 0.3) is 0 Å². The van der Waals surface area contributed by atoms with Gasteiger partial charge < -0.3 is 10.5 Å². The molecule has 0 fully saturated rings. The third-order valence-electron chi connectivity index (χ3n) is 2.34. The molecule has 2 atom stereocenters. The van der Waals surface area contributed by atoms with Crippen LogP contribution in [0.15, 0.2) is 30.3 Å². The lowest BCUT2D eigenvalue weighted by Gasteiger charge is -2.33. The first kappa shape index (κ1) is 12.1. The van der Waals surface area contributed by atoms with Crippen LogP contribution in [-0.4, -0.2) is 12.1 Å². The highest BCUT2D eigenvalue weighted by Crippen LogP contribution is 2.26. The van der Waals surface area contributed by atoms with Crippen LogP contribution in [0.4, 0.5) is 0 Å². The van der Waals surface area contributed by atoms with E-state index in [2.05, 4.69) is 20.8 Å². The van der Waals surface area contributed by atoms with Crippen molar-refractivity contribution < 1.29 is 4.74 Å². The summed E-state index contributed by atoms with van der Waals surface area (Å²) in [6, 6.07) is 9.85. The Bertz CT molecular complexity index is 287. The Balaban J connectivity index is 2.77. The molecule has 0 saturated heterocycles. The summed E-state index contributed by atoms with van der Waals surface area (Å²) in [5, 5.41) is 0. The van der Waals surface area contributed by atoms with Crippen molar-refractivity contribution in [3.63, 3.8) is 0 Å². The third kappa shape index (κ3) is 3.56. The molecule has 0 bridgehead atoms. The zero-order chi connectivity index (χ0) is 11.5. The van der Waals surface area contributed by atoms with E-state index in [1.807, 2.05) is 37.3 Å². The predicted octanol–water partition coefficient (Wildman–Crippen LogP) is 2.83. The Kier molecular flexibility index (Phi) is 3.75. The molecule has 1 aromatic rings. The zero-order valence-corrected chi connectivity index (χ0v) is 10.0. The third-order valence-corrected chi connectivity index (χ3v) is 2.34. The van der Waals surface area contributed by atoms with Crippen molar-refractivity contribution >= 4 is 0 Å². The minimum Gasteiger partial charge on any atom is -0.488 e. The van der Waals surface area contributed by atoms with Gasteiger partial charge in [0.1, 0.15) is 11.9 Å². The second-order valence-electron chi connectivity index (χ2n) is 5.08. The van der Waals surface area contributed by atoms with E-state index in [4.69, 9.17) is 10.5 Å². The summed E-state index contributed by atoms with van der Waals surface area (Å²) in [6.07, 6.45) is 0.0277. The molecule has 0 heterocycles. The smallest absolute Gasteiger partial charge is 0.119 e. The summed E-state index contributed by atoms with van der Waals surface area (Å²) in [7, 11) is 0. The summed E-state index contributed by atoms with van der Waals surface area (Å²) in [4.78, 5) is 0. The van der Waals surface area contributed by atoms with Gasteiger partial charge in [-0.15, -0.1) is 0 Å². The van der Waals surface area contributed by atoms with Gasteiger partial charge in [-0.05, 0) is 19.1 Å². The monoisotopic (exact) mass is 207 g/mol. The van der Waals surface area contributed by atoms with Gasteiger partial charge in [0.25, 0.3) is 0 Å². The van der Waals surface area contributed by atoms with E-state index in [-0.39, 0.29) is 17.6 Å². The molecule has 1 aromatic carbocycles. The van der Waals surface area contributed by atoms with Crippen molar-refractivity contribution in [1.82, 2.24) is 0 Å². The Morgan fingerprint density at radius 3 is 2.07 bits per heavy atom. The maximum Gasteiger partial charge on any atom is 0.119 e. The van der Waals surface area contributed by atoms with Crippen LogP contribution < -0.4 is 10.5 Å². The van der Waals surface area contributed by atoms with Crippen LogP contribution in [0.3, 0.4) is 0 Å². The number of benzene rings is 1. The van der Waals surface area contributed by atoms with E-state index in [1.54, 1.807) is 0 Å². The first-order valence-corrected chi connectivity index (χ1v) is 5.38. The second kappa shape index (κ2) is 4.67. The number of ether oxygens (including phenoxy) is 1. The Morgan fingerprint density at radius 2 is 1.67 bits per heavy atom. The van der Waals surface area contributed by atoms with Crippen LogP contribution in [-0.2, 0) is 0 Å². The van der Waals surface area contributed by atoms with Crippen molar-refractivity contribution in [1.29, 1.82) is 0 Å². The first-order valence-electron chi connectivity index (χ1n) is 5.38. The minimum atomic E-state index is 0.0187. The highest BCUT2D eigenvalue weighted by molar-refractivity contribution is 5.21. The molecule has 15 heavy (non-hydrogen) atoms. The summed E-state index contributed by atoms with van der Waals surface area (Å²) in [5.74, 6) is 0.884. The SMILES string of the molecule is CC(N)C(Oc1ccccc1)C(C)(C)C. The fraction of sp³-hybridized carbons (Fsp3) is 0.538. The van der Waals surface area contributed by atoms with Gasteiger partial charge in [-0.2, -0.15) is 0 Å². The molecule has 2 unspecified atom stereocenters. The van der Waals surface area contributed by atoms with Gasteiger partial charge >= 0.3 is 0 Å². The normalized spacial score (nSPS) is 15.8. The number of para-hydroxylation sites is 1. The molecule has 0 amide bonds. The highest BCUT2D eigenvalue weighted by Gasteiger charge is 2.29. The quantitative estimate of drug-likeness (QED) is 0.827. The van der Waals surface area contributed by atoms with Crippen molar-refractivity contribution in [2.24, 2.45) is 11.1 Å². The fourth-order valence-corrected chi connectivity index (χ4v) is 1.72. The molecule has 0 saturated carbocycles. The topological polar surface area (TPSA) is 35.2 Å². The van der Waals surface area contributed by atoms with E-state index >= 15 is 0 Å².